The number of nitrogens with one attached hydrogen (secondary N) is 1. The van der Waals surface area contributed by atoms with Gasteiger partial charge in [0.05, 0.1) is 12.5 Å². The lowest BCUT2D eigenvalue weighted by Crippen LogP contribution is -2.49. The molecule has 1 saturated carbocycles. The molecule has 2 saturated heterocycles. The number of benzene rings is 1. The third-order valence-electron chi connectivity index (χ3n) is 7.48. The first-order valence-corrected chi connectivity index (χ1v) is 11.5. The molecule has 3 aliphatic rings. The molecule has 0 bridgehead atoms. The molecular formula is C24H35N3O3. The van der Waals surface area contributed by atoms with Crippen molar-refractivity contribution in [1.82, 2.24) is 15.1 Å². The number of carbonyl (C=O) groups is 2. The van der Waals surface area contributed by atoms with Crippen LogP contribution in [0.2, 0.25) is 0 Å². The van der Waals surface area contributed by atoms with Crippen molar-refractivity contribution < 1.29 is 14.3 Å². The summed E-state index contributed by atoms with van der Waals surface area (Å²) in [6, 6.07) is 8.60. The van der Waals surface area contributed by atoms with Gasteiger partial charge in [0.15, 0.2) is 0 Å². The summed E-state index contributed by atoms with van der Waals surface area (Å²) in [6.45, 7) is 1.96. The number of fused-ring (bicyclic) bond motifs is 1. The molecule has 2 heterocycles. The van der Waals surface area contributed by atoms with Crippen molar-refractivity contribution in [3.8, 4) is 5.75 Å². The summed E-state index contributed by atoms with van der Waals surface area (Å²) in [5.41, 5.74) is 0.251. The first kappa shape index (κ1) is 21.2. The fraction of sp³-hybridized carbons (Fsp3) is 0.667. The molecule has 1 N–H and O–H groups in total. The summed E-state index contributed by atoms with van der Waals surface area (Å²) in [7, 11) is 3.81. The van der Waals surface area contributed by atoms with Gasteiger partial charge < -0.3 is 19.9 Å². The number of ether oxygens (including phenoxy) is 1. The van der Waals surface area contributed by atoms with Gasteiger partial charge in [-0.15, -0.1) is 0 Å². The number of methoxy groups -OCH3 is 1. The van der Waals surface area contributed by atoms with Crippen molar-refractivity contribution >= 4 is 11.8 Å². The molecule has 2 atom stereocenters. The molecule has 164 valence electrons. The molecule has 6 heteroatoms. The Bertz CT molecular complexity index is 777. The summed E-state index contributed by atoms with van der Waals surface area (Å²) < 4.78 is 5.42. The quantitative estimate of drug-likeness (QED) is 0.747. The fourth-order valence-electron chi connectivity index (χ4n) is 5.63. The van der Waals surface area contributed by atoms with Gasteiger partial charge >= 0.3 is 0 Å². The molecule has 30 heavy (non-hydrogen) atoms. The lowest BCUT2D eigenvalue weighted by molar-refractivity contribution is -0.129. The van der Waals surface area contributed by atoms with Crippen LogP contribution in [0.4, 0.5) is 0 Å². The van der Waals surface area contributed by atoms with Crippen molar-refractivity contribution in [2.24, 2.45) is 0 Å². The number of nitrogens with zero attached hydrogens (tertiary/aromatic N) is 2. The van der Waals surface area contributed by atoms with E-state index >= 15 is 0 Å². The van der Waals surface area contributed by atoms with Gasteiger partial charge in [0.25, 0.3) is 0 Å². The maximum Gasteiger partial charge on any atom is 0.232 e. The second-order valence-corrected chi connectivity index (χ2v) is 9.26. The van der Waals surface area contributed by atoms with Gasteiger partial charge in [0.2, 0.25) is 11.8 Å². The molecule has 0 spiro atoms. The van der Waals surface area contributed by atoms with Crippen LogP contribution in [-0.2, 0) is 15.0 Å². The zero-order valence-electron chi connectivity index (χ0n) is 18.4. The van der Waals surface area contributed by atoms with Crippen molar-refractivity contribution in [1.29, 1.82) is 0 Å². The van der Waals surface area contributed by atoms with E-state index in [0.29, 0.717) is 32.0 Å². The van der Waals surface area contributed by atoms with E-state index in [1.807, 2.05) is 29.2 Å². The zero-order valence-corrected chi connectivity index (χ0v) is 18.4. The number of carbonyl (C=O) groups excluding carboxylic acids is 2. The van der Waals surface area contributed by atoms with Crippen LogP contribution in [0.1, 0.15) is 56.9 Å². The van der Waals surface area contributed by atoms with Crippen molar-refractivity contribution in [2.45, 2.75) is 68.9 Å². The van der Waals surface area contributed by atoms with Crippen LogP contribution in [0, 0.1) is 0 Å². The van der Waals surface area contributed by atoms with E-state index < -0.39 is 5.41 Å². The van der Waals surface area contributed by atoms with Crippen LogP contribution in [0.3, 0.4) is 0 Å². The van der Waals surface area contributed by atoms with Gasteiger partial charge in [-0.05, 0) is 50.4 Å². The molecule has 2 aliphatic heterocycles. The van der Waals surface area contributed by atoms with E-state index in [1.54, 1.807) is 7.11 Å². The molecule has 2 amide bonds. The number of hydrogen-bond acceptors (Lipinski definition) is 4. The largest absolute Gasteiger partial charge is 0.497 e. The third kappa shape index (κ3) is 4.07. The van der Waals surface area contributed by atoms with E-state index in [-0.39, 0.29) is 17.9 Å². The molecule has 4 rings (SSSR count). The highest BCUT2D eigenvalue weighted by molar-refractivity contribution is 5.91. The molecule has 0 unspecified atom stereocenters. The van der Waals surface area contributed by atoms with Crippen LogP contribution in [0.5, 0.6) is 5.75 Å². The predicted octanol–water partition coefficient (Wildman–Crippen LogP) is 2.71. The van der Waals surface area contributed by atoms with E-state index in [9.17, 15) is 9.59 Å². The molecule has 1 aromatic rings. The minimum absolute atomic E-state index is 0.0370. The summed E-state index contributed by atoms with van der Waals surface area (Å²) in [4.78, 5) is 30.2. The van der Waals surface area contributed by atoms with Gasteiger partial charge in [-0.25, -0.2) is 0 Å². The van der Waals surface area contributed by atoms with Crippen molar-refractivity contribution in [2.75, 3.05) is 33.8 Å². The Balaban J connectivity index is 1.47. The molecule has 6 nitrogen and oxygen atoms in total. The standard InChI is InChI=1S/C24H35N3O3/c1-26(19-8-4-3-5-9-19)14-13-25-23(29)24(18-7-6-10-21(15-18)30-2)16-20-11-12-22(28)27(20)17-24/h6-7,10,15,19-20H,3-5,8-9,11-14,16-17H2,1-2H3,(H,25,29)/t20-,24-/m0/s1. The van der Waals surface area contributed by atoms with E-state index in [4.69, 9.17) is 4.74 Å². The maximum absolute atomic E-state index is 13.6. The number of likely N-dealkylation sites (N-methyl/N-ethyl adjacent to an activating group) is 1. The van der Waals surface area contributed by atoms with Crippen molar-refractivity contribution in [3.63, 3.8) is 0 Å². The van der Waals surface area contributed by atoms with Crippen LogP contribution < -0.4 is 10.1 Å². The highest BCUT2D eigenvalue weighted by atomic mass is 16.5. The predicted molar refractivity (Wildman–Crippen MR) is 117 cm³/mol. The lowest BCUT2D eigenvalue weighted by atomic mass is 9.76. The summed E-state index contributed by atoms with van der Waals surface area (Å²) in [5.74, 6) is 0.958. The Morgan fingerprint density at radius 2 is 2.07 bits per heavy atom. The Hall–Kier alpha value is -2.08. The van der Waals surface area contributed by atoms with Gasteiger partial charge in [-0.2, -0.15) is 0 Å². The van der Waals surface area contributed by atoms with Crippen LogP contribution in [0.25, 0.3) is 0 Å². The monoisotopic (exact) mass is 413 g/mol. The number of amides is 2. The lowest BCUT2D eigenvalue weighted by Gasteiger charge is -2.32. The topological polar surface area (TPSA) is 61.9 Å². The second-order valence-electron chi connectivity index (χ2n) is 9.26. The van der Waals surface area contributed by atoms with E-state index in [0.717, 1.165) is 24.3 Å². The minimum Gasteiger partial charge on any atom is -0.497 e. The molecule has 1 aliphatic carbocycles. The Morgan fingerprint density at radius 3 is 2.80 bits per heavy atom. The highest BCUT2D eigenvalue weighted by Gasteiger charge is 2.53. The van der Waals surface area contributed by atoms with E-state index in [2.05, 4.69) is 17.3 Å². The Labute approximate surface area is 179 Å². The normalized spacial score (nSPS) is 26.8. The van der Waals surface area contributed by atoms with Gasteiger partial charge in [0, 0.05) is 38.1 Å². The molecule has 0 radical (unpaired) electrons. The zero-order chi connectivity index (χ0) is 21.1. The summed E-state index contributed by atoms with van der Waals surface area (Å²) >= 11 is 0. The highest BCUT2D eigenvalue weighted by Crippen LogP contribution is 2.43. The Morgan fingerprint density at radius 1 is 1.27 bits per heavy atom. The van der Waals surface area contributed by atoms with Crippen LogP contribution in [0.15, 0.2) is 24.3 Å². The first-order chi connectivity index (χ1) is 14.5. The molecule has 1 aromatic carbocycles. The van der Waals surface area contributed by atoms with Gasteiger partial charge in [-0.3, -0.25) is 9.59 Å². The smallest absolute Gasteiger partial charge is 0.232 e. The molecule has 0 aromatic heterocycles. The summed E-state index contributed by atoms with van der Waals surface area (Å²) in [6.07, 6.45) is 8.64. The van der Waals surface area contributed by atoms with E-state index in [1.165, 1.54) is 32.1 Å². The maximum atomic E-state index is 13.6. The molecular weight excluding hydrogens is 378 g/mol. The van der Waals surface area contributed by atoms with Gasteiger partial charge in [-0.1, -0.05) is 31.4 Å². The summed E-state index contributed by atoms with van der Waals surface area (Å²) in [5, 5.41) is 3.22. The second kappa shape index (κ2) is 8.96. The van der Waals surface area contributed by atoms with Crippen LogP contribution >= 0.6 is 0 Å². The minimum atomic E-state index is -0.696. The first-order valence-electron chi connectivity index (χ1n) is 11.5. The molecule has 3 fully saturated rings. The third-order valence-corrected chi connectivity index (χ3v) is 7.48. The SMILES string of the molecule is COc1cccc([C@]2(C(=O)NCCN(C)C3CCCCC3)C[C@@H]3CCC(=O)N3C2)c1. The Kier molecular flexibility index (Phi) is 6.32. The average molecular weight is 414 g/mol. The van der Waals surface area contributed by atoms with Gasteiger partial charge in [0.1, 0.15) is 5.75 Å². The fourth-order valence-corrected chi connectivity index (χ4v) is 5.63. The van der Waals surface area contributed by atoms with Crippen LogP contribution in [-0.4, -0.2) is 67.5 Å². The number of rotatable bonds is 7. The van der Waals surface area contributed by atoms with Crippen molar-refractivity contribution in [3.05, 3.63) is 29.8 Å². The number of hydrogen-bond donors (Lipinski definition) is 1. The average Bonchev–Trinajstić information content (AvgIpc) is 3.34.